The van der Waals surface area contributed by atoms with Crippen molar-refractivity contribution in [3.05, 3.63) is 72.8 Å². The third-order valence-corrected chi connectivity index (χ3v) is 5.96. The van der Waals surface area contributed by atoms with Gasteiger partial charge in [0.2, 0.25) is 0 Å². The highest BCUT2D eigenvalue weighted by atomic mass is 32.2. The number of fused-ring (bicyclic) bond motifs is 1. The summed E-state index contributed by atoms with van der Waals surface area (Å²) in [4.78, 5) is 9.17. The fourth-order valence-electron chi connectivity index (χ4n) is 3.10. The van der Waals surface area contributed by atoms with Crippen molar-refractivity contribution in [1.29, 1.82) is 0 Å². The number of anilines is 3. The van der Waals surface area contributed by atoms with E-state index in [1.54, 1.807) is 43.5 Å². The number of hydrogen-bond donors (Lipinski definition) is 2. The molecule has 0 unspecified atom stereocenters. The topological polar surface area (TPSA) is 102 Å². The quantitative estimate of drug-likeness (QED) is 0.405. The molecule has 0 aliphatic rings. The van der Waals surface area contributed by atoms with E-state index in [1.165, 1.54) is 12.1 Å². The molecule has 0 spiro atoms. The molecule has 8 nitrogen and oxygen atoms in total. The maximum absolute atomic E-state index is 13.1. The van der Waals surface area contributed by atoms with Crippen LogP contribution in [0.1, 0.15) is 6.92 Å². The van der Waals surface area contributed by atoms with Gasteiger partial charge in [-0.15, -0.1) is 0 Å². The molecule has 0 radical (unpaired) electrons. The van der Waals surface area contributed by atoms with E-state index < -0.39 is 10.0 Å². The Kier molecular flexibility index (Phi) is 6.09. The summed E-state index contributed by atoms with van der Waals surface area (Å²) in [6.45, 7) is 2.36. The smallest absolute Gasteiger partial charge is 0.263 e. The van der Waals surface area contributed by atoms with Gasteiger partial charge in [-0.05, 0) is 55.5 Å². The van der Waals surface area contributed by atoms with Gasteiger partial charge in [-0.2, -0.15) is 0 Å². The Hall–Kier alpha value is -3.85. The van der Waals surface area contributed by atoms with E-state index in [2.05, 4.69) is 20.0 Å². The largest absolute Gasteiger partial charge is 0.495 e. The highest BCUT2D eigenvalue weighted by Gasteiger charge is 2.20. The highest BCUT2D eigenvalue weighted by molar-refractivity contribution is 7.92. The first-order chi connectivity index (χ1) is 15.5. The predicted octanol–water partition coefficient (Wildman–Crippen LogP) is 4.58. The van der Waals surface area contributed by atoms with Crippen LogP contribution in [0.3, 0.4) is 0 Å². The Labute approximate surface area is 186 Å². The Morgan fingerprint density at radius 1 is 0.844 bits per heavy atom. The molecule has 0 aliphatic carbocycles. The van der Waals surface area contributed by atoms with Gasteiger partial charge >= 0.3 is 0 Å². The Balaban J connectivity index is 1.74. The lowest BCUT2D eigenvalue weighted by molar-refractivity contribution is 0.340. The molecule has 3 aromatic carbocycles. The van der Waals surface area contributed by atoms with Crippen molar-refractivity contribution in [2.75, 3.05) is 23.8 Å². The minimum Gasteiger partial charge on any atom is -0.495 e. The molecule has 0 bridgehead atoms. The second kappa shape index (κ2) is 9.11. The van der Waals surface area contributed by atoms with Crippen molar-refractivity contribution in [3.63, 3.8) is 0 Å². The second-order valence-corrected chi connectivity index (χ2v) is 8.43. The molecule has 0 saturated carbocycles. The number of aromatic nitrogens is 2. The van der Waals surface area contributed by atoms with Crippen molar-refractivity contribution in [2.45, 2.75) is 11.8 Å². The van der Waals surface area contributed by atoms with Crippen LogP contribution in [0.15, 0.2) is 77.7 Å². The van der Waals surface area contributed by atoms with Crippen LogP contribution < -0.4 is 19.5 Å². The lowest BCUT2D eigenvalue weighted by Gasteiger charge is -2.15. The monoisotopic (exact) mass is 450 g/mol. The Morgan fingerprint density at radius 3 is 2.12 bits per heavy atom. The van der Waals surface area contributed by atoms with Crippen molar-refractivity contribution in [2.24, 2.45) is 0 Å². The molecule has 0 fully saturated rings. The lowest BCUT2D eigenvalue weighted by atomic mass is 10.3. The number of hydrogen-bond acceptors (Lipinski definition) is 7. The zero-order valence-electron chi connectivity index (χ0n) is 17.6. The number of sulfonamides is 1. The van der Waals surface area contributed by atoms with E-state index in [-0.39, 0.29) is 16.5 Å². The van der Waals surface area contributed by atoms with Crippen molar-refractivity contribution in [3.8, 4) is 11.5 Å². The molecule has 2 N–H and O–H groups in total. The number of benzene rings is 3. The first-order valence-electron chi connectivity index (χ1n) is 9.92. The summed E-state index contributed by atoms with van der Waals surface area (Å²) in [5.74, 6) is 1.50. The van der Waals surface area contributed by atoms with Crippen LogP contribution in [0.5, 0.6) is 11.5 Å². The van der Waals surface area contributed by atoms with Crippen LogP contribution in [-0.4, -0.2) is 32.1 Å². The number of methoxy groups -OCH3 is 1. The van der Waals surface area contributed by atoms with Gasteiger partial charge in [0, 0.05) is 0 Å². The first-order valence-corrected chi connectivity index (χ1v) is 11.4. The van der Waals surface area contributed by atoms with Gasteiger partial charge in [-0.1, -0.05) is 24.3 Å². The summed E-state index contributed by atoms with van der Waals surface area (Å²) in [5.41, 5.74) is 1.80. The summed E-state index contributed by atoms with van der Waals surface area (Å²) in [6.07, 6.45) is 0. The molecule has 4 rings (SSSR count). The van der Waals surface area contributed by atoms with E-state index in [9.17, 15) is 8.42 Å². The molecule has 32 heavy (non-hydrogen) atoms. The molecular formula is C23H22N4O4S. The average Bonchev–Trinajstić information content (AvgIpc) is 2.80. The van der Waals surface area contributed by atoms with Crippen molar-refractivity contribution >= 4 is 38.4 Å². The summed E-state index contributed by atoms with van der Waals surface area (Å²) in [6, 6.07) is 20.7. The molecule has 0 saturated heterocycles. The van der Waals surface area contributed by atoms with Gasteiger partial charge < -0.3 is 14.8 Å². The molecule has 0 aliphatic heterocycles. The van der Waals surface area contributed by atoms with Crippen LogP contribution in [-0.2, 0) is 10.0 Å². The van der Waals surface area contributed by atoms with Gasteiger partial charge in [-0.3, -0.25) is 4.72 Å². The number of para-hydroxylation sites is 4. The molecule has 0 amide bonds. The summed E-state index contributed by atoms with van der Waals surface area (Å²) in [7, 11) is -2.37. The van der Waals surface area contributed by atoms with Crippen molar-refractivity contribution < 1.29 is 17.9 Å². The fraction of sp³-hybridized carbons (Fsp3) is 0.130. The van der Waals surface area contributed by atoms with E-state index in [0.29, 0.717) is 34.8 Å². The Morgan fingerprint density at radius 2 is 1.47 bits per heavy atom. The molecule has 164 valence electrons. The highest BCUT2D eigenvalue weighted by Crippen LogP contribution is 2.31. The third kappa shape index (κ3) is 4.57. The van der Waals surface area contributed by atoms with Gasteiger partial charge in [0.25, 0.3) is 10.0 Å². The average molecular weight is 451 g/mol. The molecule has 9 heteroatoms. The SMILES string of the molecule is CCOc1ccc(S(=O)(=O)Nc2nc3ccccc3nc2Nc2ccccc2OC)cc1. The standard InChI is InChI=1S/C23H22N4O4S/c1-3-31-16-12-14-17(15-13-16)32(28,29)27-23-22(24-18-8-4-5-9-19(18)25-23)26-20-10-6-7-11-21(20)30-2/h4-15H,3H2,1-2H3,(H,24,26)(H,25,27). The maximum Gasteiger partial charge on any atom is 0.263 e. The second-order valence-electron chi connectivity index (χ2n) is 6.74. The van der Waals surface area contributed by atoms with Crippen molar-refractivity contribution in [1.82, 2.24) is 9.97 Å². The van der Waals surface area contributed by atoms with Crippen LogP contribution in [0, 0.1) is 0 Å². The number of rotatable bonds is 8. The van der Waals surface area contributed by atoms with E-state index >= 15 is 0 Å². The molecule has 4 aromatic rings. The van der Waals surface area contributed by atoms with Crippen LogP contribution in [0.4, 0.5) is 17.3 Å². The third-order valence-electron chi connectivity index (χ3n) is 4.61. The molecule has 1 heterocycles. The molecular weight excluding hydrogens is 428 g/mol. The zero-order valence-corrected chi connectivity index (χ0v) is 18.4. The lowest BCUT2D eigenvalue weighted by Crippen LogP contribution is -2.16. The maximum atomic E-state index is 13.1. The van der Waals surface area contributed by atoms with E-state index in [1.807, 2.05) is 31.2 Å². The minimum absolute atomic E-state index is 0.0727. The van der Waals surface area contributed by atoms with Crippen LogP contribution in [0.2, 0.25) is 0 Å². The predicted molar refractivity (Wildman–Crippen MR) is 124 cm³/mol. The minimum atomic E-state index is -3.92. The molecule has 0 atom stereocenters. The fourth-order valence-corrected chi connectivity index (χ4v) is 4.11. The van der Waals surface area contributed by atoms with Gasteiger partial charge in [-0.25, -0.2) is 18.4 Å². The molecule has 1 aromatic heterocycles. The number of nitrogens with zero attached hydrogens (tertiary/aromatic N) is 2. The first kappa shape index (κ1) is 21.4. The number of nitrogens with one attached hydrogen (secondary N) is 2. The van der Waals surface area contributed by atoms with Gasteiger partial charge in [0.15, 0.2) is 11.6 Å². The number of ether oxygens (including phenoxy) is 2. The van der Waals surface area contributed by atoms with E-state index in [0.717, 1.165) is 0 Å². The summed E-state index contributed by atoms with van der Waals surface area (Å²) < 4.78 is 39.5. The normalized spacial score (nSPS) is 11.2. The van der Waals surface area contributed by atoms with Gasteiger partial charge in [0.1, 0.15) is 11.5 Å². The summed E-state index contributed by atoms with van der Waals surface area (Å²) in [5, 5.41) is 3.14. The Bertz CT molecular complexity index is 1340. The zero-order chi connectivity index (χ0) is 22.6. The van der Waals surface area contributed by atoms with Gasteiger partial charge in [0.05, 0.1) is 35.3 Å². The van der Waals surface area contributed by atoms with Crippen LogP contribution >= 0.6 is 0 Å². The van der Waals surface area contributed by atoms with E-state index in [4.69, 9.17) is 9.47 Å². The van der Waals surface area contributed by atoms with Crippen LogP contribution in [0.25, 0.3) is 11.0 Å². The summed E-state index contributed by atoms with van der Waals surface area (Å²) >= 11 is 0.